The first-order valence-electron chi connectivity index (χ1n) is 5.03. The summed E-state index contributed by atoms with van der Waals surface area (Å²) >= 11 is 0. The summed E-state index contributed by atoms with van der Waals surface area (Å²) < 4.78 is 50.1. The predicted octanol–water partition coefficient (Wildman–Crippen LogP) is -0.943. The highest BCUT2D eigenvalue weighted by atomic mass is 32.3. The Hall–Kier alpha value is -1.49. The Kier molecular flexibility index (Phi) is 4.63. The fourth-order valence-electron chi connectivity index (χ4n) is 1.20. The third kappa shape index (κ3) is 3.29. The topological polar surface area (TPSA) is 113 Å². The van der Waals surface area contributed by atoms with E-state index < -0.39 is 26.3 Å². The summed E-state index contributed by atoms with van der Waals surface area (Å²) in [5.74, 6) is -1.18. The normalized spacial score (nSPS) is 12.1. The average Bonchev–Trinajstić information content (AvgIpc) is 2.39. The number of rotatable bonds is 5. The van der Waals surface area contributed by atoms with Gasteiger partial charge in [0.25, 0.3) is 5.91 Å². The highest BCUT2D eigenvalue weighted by molar-refractivity contribution is 8.03. The largest absolute Gasteiger partial charge is 0.318 e. The van der Waals surface area contributed by atoms with E-state index in [0.29, 0.717) is 0 Å². The summed E-state index contributed by atoms with van der Waals surface area (Å²) in [7, 11) is -6.98. The van der Waals surface area contributed by atoms with Crippen LogP contribution in [0.1, 0.15) is 10.4 Å². The second-order valence-corrected chi connectivity index (χ2v) is 6.96. The Morgan fingerprint density at radius 2 is 1.37 bits per heavy atom. The van der Waals surface area contributed by atoms with Crippen molar-refractivity contribution < 1.29 is 21.6 Å². The van der Waals surface area contributed by atoms with Gasteiger partial charge in [0.15, 0.2) is 0 Å². The van der Waals surface area contributed by atoms with Crippen LogP contribution in [0.4, 0.5) is 0 Å². The van der Waals surface area contributed by atoms with Crippen LogP contribution in [0.5, 0.6) is 0 Å². The van der Waals surface area contributed by atoms with E-state index >= 15 is 0 Å². The molecule has 19 heavy (non-hydrogen) atoms. The van der Waals surface area contributed by atoms with Crippen molar-refractivity contribution >= 4 is 26.3 Å². The SMILES string of the molecule is CNS(=O)(=O)N(C(=O)c1ccccc1)S(=O)(=O)NC. The van der Waals surface area contributed by atoms with Crippen LogP contribution in [0.25, 0.3) is 0 Å². The molecule has 0 spiro atoms. The molecule has 0 unspecified atom stereocenters. The molecule has 10 heteroatoms. The van der Waals surface area contributed by atoms with Gasteiger partial charge in [0.05, 0.1) is 0 Å². The Balaban J connectivity index is 3.40. The number of nitrogens with zero attached hydrogens (tertiary/aromatic N) is 1. The van der Waals surface area contributed by atoms with Gasteiger partial charge >= 0.3 is 20.4 Å². The van der Waals surface area contributed by atoms with Crippen molar-refractivity contribution in [1.82, 2.24) is 13.2 Å². The number of nitrogens with one attached hydrogen (secondary N) is 2. The molecule has 1 aromatic carbocycles. The van der Waals surface area contributed by atoms with Crippen LogP contribution in [0, 0.1) is 0 Å². The van der Waals surface area contributed by atoms with Crippen LogP contribution in [0.3, 0.4) is 0 Å². The maximum absolute atomic E-state index is 12.0. The molecular weight excluding hydrogens is 294 g/mol. The number of hydrogen-bond donors (Lipinski definition) is 2. The van der Waals surface area contributed by atoms with E-state index in [4.69, 9.17) is 0 Å². The van der Waals surface area contributed by atoms with Gasteiger partial charge in [-0.05, 0) is 12.1 Å². The number of benzene rings is 1. The zero-order chi connectivity index (χ0) is 14.7. The van der Waals surface area contributed by atoms with E-state index in [2.05, 4.69) is 0 Å². The summed E-state index contributed by atoms with van der Waals surface area (Å²) in [6.45, 7) is 0. The van der Waals surface area contributed by atoms with E-state index in [1.807, 2.05) is 0 Å². The lowest BCUT2D eigenvalue weighted by Gasteiger charge is -2.20. The molecule has 8 nitrogen and oxygen atoms in total. The van der Waals surface area contributed by atoms with Crippen LogP contribution in [0.2, 0.25) is 0 Å². The maximum atomic E-state index is 12.0. The van der Waals surface area contributed by atoms with Gasteiger partial charge in [-0.2, -0.15) is 26.3 Å². The smallest absolute Gasteiger partial charge is 0.267 e. The molecule has 2 N–H and O–H groups in total. The summed E-state index contributed by atoms with van der Waals surface area (Å²) in [6.07, 6.45) is 0. The molecule has 0 radical (unpaired) electrons. The molecule has 0 fully saturated rings. The molecule has 0 bridgehead atoms. The Morgan fingerprint density at radius 3 is 1.74 bits per heavy atom. The van der Waals surface area contributed by atoms with E-state index in [9.17, 15) is 21.6 Å². The molecule has 0 aliphatic carbocycles. The van der Waals surface area contributed by atoms with Gasteiger partial charge in [0, 0.05) is 19.7 Å². The van der Waals surface area contributed by atoms with Gasteiger partial charge in [-0.1, -0.05) is 21.9 Å². The van der Waals surface area contributed by atoms with Gasteiger partial charge in [-0.15, -0.1) is 0 Å². The molecule has 0 heterocycles. The molecule has 1 rings (SSSR count). The van der Waals surface area contributed by atoms with Crippen molar-refractivity contribution in [1.29, 1.82) is 0 Å². The molecule has 0 saturated carbocycles. The van der Waals surface area contributed by atoms with Crippen LogP contribution in [0.15, 0.2) is 30.3 Å². The number of carbonyl (C=O) groups is 1. The highest BCUT2D eigenvalue weighted by Crippen LogP contribution is 2.12. The zero-order valence-electron chi connectivity index (χ0n) is 10.2. The van der Waals surface area contributed by atoms with Crippen LogP contribution < -0.4 is 9.44 Å². The Labute approximate surface area is 111 Å². The van der Waals surface area contributed by atoms with Crippen LogP contribution >= 0.6 is 0 Å². The first-order valence-corrected chi connectivity index (χ1v) is 7.91. The molecule has 106 valence electrons. The average molecular weight is 307 g/mol. The van der Waals surface area contributed by atoms with E-state index in [0.717, 1.165) is 14.1 Å². The van der Waals surface area contributed by atoms with Gasteiger partial charge in [0.2, 0.25) is 0 Å². The Morgan fingerprint density at radius 1 is 0.947 bits per heavy atom. The third-order valence-electron chi connectivity index (χ3n) is 2.14. The molecule has 1 aromatic rings. The van der Waals surface area contributed by atoms with Crippen molar-refractivity contribution in [3.8, 4) is 0 Å². The number of carbonyl (C=O) groups excluding carboxylic acids is 1. The second kappa shape index (κ2) is 5.65. The second-order valence-electron chi connectivity index (χ2n) is 3.29. The zero-order valence-corrected chi connectivity index (χ0v) is 11.8. The summed E-state index contributed by atoms with van der Waals surface area (Å²) in [6, 6.07) is 7.21. The van der Waals surface area contributed by atoms with Crippen molar-refractivity contribution in [2.24, 2.45) is 0 Å². The van der Waals surface area contributed by atoms with Crippen LogP contribution in [-0.2, 0) is 20.4 Å². The minimum Gasteiger partial charge on any atom is -0.267 e. The van der Waals surface area contributed by atoms with Gasteiger partial charge < -0.3 is 0 Å². The van der Waals surface area contributed by atoms with Crippen molar-refractivity contribution in [3.63, 3.8) is 0 Å². The lowest BCUT2D eigenvalue weighted by atomic mass is 10.2. The van der Waals surface area contributed by atoms with Gasteiger partial charge in [-0.25, -0.2) is 0 Å². The molecule has 0 aliphatic rings. The Bertz CT molecular complexity index is 620. The standard InChI is InChI=1S/C9H13N3O5S2/c1-10-18(14,15)12(19(16,17)11-2)9(13)8-6-4-3-5-7-8/h3-7,10-11H,1-2H3. The quantitative estimate of drug-likeness (QED) is 0.729. The van der Waals surface area contributed by atoms with Crippen molar-refractivity contribution in [3.05, 3.63) is 35.9 Å². The monoisotopic (exact) mass is 307 g/mol. The number of hydrogen-bond acceptors (Lipinski definition) is 5. The molecule has 0 saturated heterocycles. The van der Waals surface area contributed by atoms with Crippen LogP contribution in [-0.4, -0.2) is 40.5 Å². The minimum atomic E-state index is -4.49. The minimum absolute atomic E-state index is 0.0693. The summed E-state index contributed by atoms with van der Waals surface area (Å²) in [4.78, 5) is 12.0. The van der Waals surface area contributed by atoms with E-state index in [1.165, 1.54) is 24.3 Å². The first-order chi connectivity index (χ1) is 8.76. The van der Waals surface area contributed by atoms with E-state index in [1.54, 1.807) is 15.5 Å². The van der Waals surface area contributed by atoms with Crippen molar-refractivity contribution in [2.75, 3.05) is 14.1 Å². The van der Waals surface area contributed by atoms with Gasteiger partial charge in [-0.3, -0.25) is 4.79 Å². The van der Waals surface area contributed by atoms with E-state index in [-0.39, 0.29) is 9.27 Å². The molecule has 0 atom stereocenters. The predicted molar refractivity (Wildman–Crippen MR) is 68.6 cm³/mol. The fourth-order valence-corrected chi connectivity index (χ4v) is 3.66. The van der Waals surface area contributed by atoms with Crippen molar-refractivity contribution in [2.45, 2.75) is 0 Å². The summed E-state index contributed by atoms with van der Waals surface area (Å²) in [5.41, 5.74) is -0.0693. The number of amides is 1. The highest BCUT2D eigenvalue weighted by Gasteiger charge is 2.37. The fraction of sp³-hybridized carbons (Fsp3) is 0.222. The molecular formula is C9H13N3O5S2. The lowest BCUT2D eigenvalue weighted by molar-refractivity contribution is 0.0920. The maximum Gasteiger partial charge on any atom is 0.318 e. The molecule has 0 aromatic heterocycles. The van der Waals surface area contributed by atoms with Gasteiger partial charge in [0.1, 0.15) is 0 Å². The first kappa shape index (κ1) is 15.6. The third-order valence-corrected chi connectivity index (χ3v) is 5.55. The molecule has 0 aliphatic heterocycles. The summed E-state index contributed by atoms with van der Waals surface area (Å²) in [5, 5.41) is 0. The lowest BCUT2D eigenvalue weighted by Crippen LogP contribution is -2.50. The molecule has 1 amide bonds.